The third-order valence-corrected chi connectivity index (χ3v) is 2.18. The van der Waals surface area contributed by atoms with Gasteiger partial charge in [-0.2, -0.15) is 0 Å². The molecule has 0 aliphatic carbocycles. The van der Waals surface area contributed by atoms with Crippen LogP contribution in [0, 0.1) is 0 Å². The molecule has 0 spiro atoms. The first-order valence-corrected chi connectivity index (χ1v) is 4.58. The molecule has 76 valence electrons. The summed E-state index contributed by atoms with van der Waals surface area (Å²) in [6.45, 7) is 0. The minimum absolute atomic E-state index is 0.197. The molecule has 1 N–H and O–H groups in total. The predicted octanol–water partition coefficient (Wildman–Crippen LogP) is 2.46. The van der Waals surface area contributed by atoms with Crippen molar-refractivity contribution in [2.75, 3.05) is 7.11 Å². The van der Waals surface area contributed by atoms with Crippen LogP contribution in [0.15, 0.2) is 42.7 Å². The number of phenols is 1. The van der Waals surface area contributed by atoms with E-state index in [4.69, 9.17) is 4.74 Å². The number of phenolic OH excluding ortho intramolecular Hbond substituents is 1. The molecule has 0 bridgehead atoms. The van der Waals surface area contributed by atoms with E-state index < -0.39 is 0 Å². The standard InChI is InChI=1S/C12H11NO2/c1-15-10-4-5-11(12(14)7-10)9-3-2-6-13-8-9/h2-8,14H,1H3. The zero-order chi connectivity index (χ0) is 10.7. The number of rotatable bonds is 2. The molecule has 2 rings (SSSR count). The number of aromatic hydroxyl groups is 1. The van der Waals surface area contributed by atoms with Crippen LogP contribution in [0.25, 0.3) is 11.1 Å². The number of methoxy groups -OCH3 is 1. The predicted molar refractivity (Wildman–Crippen MR) is 57.9 cm³/mol. The SMILES string of the molecule is COc1ccc(-c2cccnc2)c(O)c1. The molecule has 1 heterocycles. The Balaban J connectivity index is 2.46. The van der Waals surface area contributed by atoms with E-state index in [9.17, 15) is 5.11 Å². The average Bonchev–Trinajstić information content (AvgIpc) is 2.30. The molecule has 3 heteroatoms. The Morgan fingerprint density at radius 1 is 1.27 bits per heavy atom. The second-order valence-electron chi connectivity index (χ2n) is 3.12. The summed E-state index contributed by atoms with van der Waals surface area (Å²) in [6.07, 6.45) is 3.41. The van der Waals surface area contributed by atoms with Gasteiger partial charge in [-0.1, -0.05) is 6.07 Å². The number of ether oxygens (including phenoxy) is 1. The highest BCUT2D eigenvalue weighted by Gasteiger charge is 2.04. The van der Waals surface area contributed by atoms with Crippen LogP contribution in [0.5, 0.6) is 11.5 Å². The third kappa shape index (κ3) is 1.91. The maximum Gasteiger partial charge on any atom is 0.127 e. The smallest absolute Gasteiger partial charge is 0.127 e. The van der Waals surface area contributed by atoms with Crippen molar-refractivity contribution >= 4 is 0 Å². The molecule has 1 aromatic carbocycles. The number of benzene rings is 1. The maximum absolute atomic E-state index is 9.77. The molecule has 0 atom stereocenters. The normalized spacial score (nSPS) is 9.93. The maximum atomic E-state index is 9.77. The molecule has 0 aliphatic rings. The van der Waals surface area contributed by atoms with E-state index in [1.54, 1.807) is 25.6 Å². The molecule has 0 saturated heterocycles. The summed E-state index contributed by atoms with van der Waals surface area (Å²) in [4.78, 5) is 4.00. The molecule has 0 amide bonds. The Morgan fingerprint density at radius 3 is 2.73 bits per heavy atom. The van der Waals surface area contributed by atoms with Crippen molar-refractivity contribution in [2.45, 2.75) is 0 Å². The fraction of sp³-hybridized carbons (Fsp3) is 0.0833. The van der Waals surface area contributed by atoms with Crippen molar-refractivity contribution < 1.29 is 9.84 Å². The number of aromatic nitrogens is 1. The fourth-order valence-electron chi connectivity index (χ4n) is 1.40. The summed E-state index contributed by atoms with van der Waals surface area (Å²) >= 11 is 0. The van der Waals surface area contributed by atoms with E-state index in [1.165, 1.54) is 0 Å². The molecule has 3 nitrogen and oxygen atoms in total. The molecule has 0 radical (unpaired) electrons. The van der Waals surface area contributed by atoms with Gasteiger partial charge in [0.1, 0.15) is 11.5 Å². The quantitative estimate of drug-likeness (QED) is 0.811. The summed E-state index contributed by atoms with van der Waals surface area (Å²) in [5, 5.41) is 9.77. The largest absolute Gasteiger partial charge is 0.507 e. The highest BCUT2D eigenvalue weighted by molar-refractivity contribution is 5.70. The highest BCUT2D eigenvalue weighted by atomic mass is 16.5. The first kappa shape index (κ1) is 9.52. The fourth-order valence-corrected chi connectivity index (χ4v) is 1.40. The monoisotopic (exact) mass is 201 g/mol. The topological polar surface area (TPSA) is 42.4 Å². The summed E-state index contributed by atoms with van der Waals surface area (Å²) in [5.74, 6) is 0.836. The van der Waals surface area contributed by atoms with Gasteiger partial charge in [-0.05, 0) is 18.2 Å². The first-order valence-electron chi connectivity index (χ1n) is 4.58. The Labute approximate surface area is 88.0 Å². The second kappa shape index (κ2) is 4.00. The Morgan fingerprint density at radius 2 is 2.13 bits per heavy atom. The zero-order valence-electron chi connectivity index (χ0n) is 8.34. The van der Waals surface area contributed by atoms with E-state index in [0.29, 0.717) is 5.75 Å². The summed E-state index contributed by atoms with van der Waals surface area (Å²) < 4.78 is 5.01. The van der Waals surface area contributed by atoms with E-state index in [2.05, 4.69) is 4.98 Å². The van der Waals surface area contributed by atoms with Gasteiger partial charge in [0.2, 0.25) is 0 Å². The van der Waals surface area contributed by atoms with Gasteiger partial charge in [-0.15, -0.1) is 0 Å². The van der Waals surface area contributed by atoms with Gasteiger partial charge in [0.15, 0.2) is 0 Å². The van der Waals surface area contributed by atoms with Crippen molar-refractivity contribution in [1.82, 2.24) is 4.98 Å². The van der Waals surface area contributed by atoms with Crippen LogP contribution in [-0.4, -0.2) is 17.2 Å². The summed E-state index contributed by atoms with van der Waals surface area (Å²) in [6, 6.07) is 8.93. The van der Waals surface area contributed by atoms with Crippen LogP contribution in [0.1, 0.15) is 0 Å². The number of pyridine rings is 1. The Kier molecular flexibility index (Phi) is 2.54. The first-order chi connectivity index (χ1) is 7.31. The van der Waals surface area contributed by atoms with Crippen LogP contribution in [0.3, 0.4) is 0 Å². The molecule has 2 aromatic rings. The van der Waals surface area contributed by atoms with Gasteiger partial charge in [0.25, 0.3) is 0 Å². The molecule has 1 aromatic heterocycles. The molecule has 0 aliphatic heterocycles. The van der Waals surface area contributed by atoms with Gasteiger partial charge in [-0.25, -0.2) is 0 Å². The second-order valence-corrected chi connectivity index (χ2v) is 3.12. The minimum atomic E-state index is 0.197. The van der Waals surface area contributed by atoms with Gasteiger partial charge in [-0.3, -0.25) is 4.98 Å². The van der Waals surface area contributed by atoms with Crippen molar-refractivity contribution in [3.63, 3.8) is 0 Å². The van der Waals surface area contributed by atoms with E-state index >= 15 is 0 Å². The summed E-state index contributed by atoms with van der Waals surface area (Å²) in [7, 11) is 1.57. The lowest BCUT2D eigenvalue weighted by Gasteiger charge is -2.06. The van der Waals surface area contributed by atoms with Crippen LogP contribution >= 0.6 is 0 Å². The minimum Gasteiger partial charge on any atom is -0.507 e. The van der Waals surface area contributed by atoms with Crippen LogP contribution in [-0.2, 0) is 0 Å². The Bertz CT molecular complexity index is 454. The lowest BCUT2D eigenvalue weighted by Crippen LogP contribution is -1.84. The summed E-state index contributed by atoms with van der Waals surface area (Å²) in [5.41, 5.74) is 1.64. The number of hydrogen-bond donors (Lipinski definition) is 1. The lowest BCUT2D eigenvalue weighted by atomic mass is 10.1. The van der Waals surface area contributed by atoms with Gasteiger partial charge in [0, 0.05) is 29.6 Å². The zero-order valence-corrected chi connectivity index (χ0v) is 8.34. The molecular formula is C12H11NO2. The molecule has 0 unspecified atom stereocenters. The van der Waals surface area contributed by atoms with E-state index in [-0.39, 0.29) is 5.75 Å². The van der Waals surface area contributed by atoms with E-state index in [0.717, 1.165) is 11.1 Å². The van der Waals surface area contributed by atoms with Crippen molar-refractivity contribution in [1.29, 1.82) is 0 Å². The molecule has 0 saturated carbocycles. The molecular weight excluding hydrogens is 190 g/mol. The lowest BCUT2D eigenvalue weighted by molar-refractivity contribution is 0.408. The van der Waals surface area contributed by atoms with Gasteiger partial charge in [0.05, 0.1) is 7.11 Å². The molecule has 0 fully saturated rings. The third-order valence-electron chi connectivity index (χ3n) is 2.18. The number of nitrogens with zero attached hydrogens (tertiary/aromatic N) is 1. The highest BCUT2D eigenvalue weighted by Crippen LogP contribution is 2.31. The van der Waals surface area contributed by atoms with Crippen LogP contribution < -0.4 is 4.74 Å². The Hall–Kier alpha value is -2.03. The van der Waals surface area contributed by atoms with Crippen molar-refractivity contribution in [3.8, 4) is 22.6 Å². The van der Waals surface area contributed by atoms with Gasteiger partial charge < -0.3 is 9.84 Å². The average molecular weight is 201 g/mol. The van der Waals surface area contributed by atoms with E-state index in [1.807, 2.05) is 24.3 Å². The van der Waals surface area contributed by atoms with Crippen molar-refractivity contribution in [3.05, 3.63) is 42.7 Å². The number of hydrogen-bond acceptors (Lipinski definition) is 3. The van der Waals surface area contributed by atoms with Gasteiger partial charge >= 0.3 is 0 Å². The van der Waals surface area contributed by atoms with Crippen LogP contribution in [0.4, 0.5) is 0 Å². The molecule has 15 heavy (non-hydrogen) atoms. The van der Waals surface area contributed by atoms with Crippen molar-refractivity contribution in [2.24, 2.45) is 0 Å². The van der Waals surface area contributed by atoms with Crippen LogP contribution in [0.2, 0.25) is 0 Å².